The molecule has 2 N–H and O–H groups in total. The Kier molecular flexibility index (Phi) is 5.07. The van der Waals surface area contributed by atoms with Crippen molar-refractivity contribution in [1.82, 2.24) is 9.80 Å². The molecule has 1 aliphatic heterocycles. The maximum Gasteiger partial charge on any atom is 0.126 e. The van der Waals surface area contributed by atoms with Gasteiger partial charge in [-0.3, -0.25) is 0 Å². The van der Waals surface area contributed by atoms with Crippen LogP contribution < -0.4 is 5.73 Å². The standard InChI is InChI=1S/C15H23F2N3/c1-19-4-3-5-20(2)15(10-19)14(18)8-11-6-12(16)9-13(17)7-11/h6-7,9,14-15H,3-5,8,10,18H2,1-2H3. The van der Waals surface area contributed by atoms with E-state index in [9.17, 15) is 8.78 Å². The maximum absolute atomic E-state index is 13.2. The number of halogens is 2. The predicted molar refractivity (Wildman–Crippen MR) is 76.6 cm³/mol. The Bertz CT molecular complexity index is 432. The van der Waals surface area contributed by atoms with Gasteiger partial charge in [-0.25, -0.2) is 8.78 Å². The predicted octanol–water partition coefficient (Wildman–Crippen LogP) is 1.47. The van der Waals surface area contributed by atoms with Crippen LogP contribution in [-0.2, 0) is 6.42 Å². The van der Waals surface area contributed by atoms with Crippen LogP contribution in [0.2, 0.25) is 0 Å². The molecule has 1 aliphatic rings. The number of hydrogen-bond donors (Lipinski definition) is 1. The van der Waals surface area contributed by atoms with Gasteiger partial charge in [0, 0.05) is 24.7 Å². The first-order valence-corrected chi connectivity index (χ1v) is 7.05. The Morgan fingerprint density at radius 3 is 2.50 bits per heavy atom. The Morgan fingerprint density at radius 2 is 1.85 bits per heavy atom. The van der Waals surface area contributed by atoms with E-state index in [1.165, 1.54) is 12.1 Å². The number of nitrogens with two attached hydrogens (primary N) is 1. The molecule has 2 unspecified atom stereocenters. The van der Waals surface area contributed by atoms with Crippen molar-refractivity contribution >= 4 is 0 Å². The lowest BCUT2D eigenvalue weighted by molar-refractivity contribution is 0.195. The molecule has 5 heteroatoms. The highest BCUT2D eigenvalue weighted by molar-refractivity contribution is 5.19. The topological polar surface area (TPSA) is 32.5 Å². The first-order chi connectivity index (χ1) is 9.45. The molecule has 3 nitrogen and oxygen atoms in total. The van der Waals surface area contributed by atoms with E-state index < -0.39 is 11.6 Å². The van der Waals surface area contributed by atoms with Gasteiger partial charge < -0.3 is 15.5 Å². The second-order valence-corrected chi connectivity index (χ2v) is 5.81. The van der Waals surface area contributed by atoms with Crippen molar-refractivity contribution in [2.75, 3.05) is 33.7 Å². The molecule has 0 amide bonds. The van der Waals surface area contributed by atoms with Gasteiger partial charge in [-0.2, -0.15) is 0 Å². The van der Waals surface area contributed by atoms with Gasteiger partial charge >= 0.3 is 0 Å². The highest BCUT2D eigenvalue weighted by atomic mass is 19.1. The molecular formula is C15H23F2N3. The van der Waals surface area contributed by atoms with E-state index in [-0.39, 0.29) is 12.1 Å². The summed E-state index contributed by atoms with van der Waals surface area (Å²) in [4.78, 5) is 4.52. The lowest BCUT2D eigenvalue weighted by atomic mass is 9.99. The summed E-state index contributed by atoms with van der Waals surface area (Å²) in [5.41, 5.74) is 6.91. The second-order valence-electron chi connectivity index (χ2n) is 5.81. The van der Waals surface area contributed by atoms with Gasteiger partial charge in [0.2, 0.25) is 0 Å². The Labute approximate surface area is 119 Å². The molecule has 112 valence electrons. The van der Waals surface area contributed by atoms with Gasteiger partial charge in [0.15, 0.2) is 0 Å². The molecule has 1 heterocycles. The molecule has 0 aromatic heterocycles. The van der Waals surface area contributed by atoms with E-state index in [0.29, 0.717) is 12.0 Å². The Balaban J connectivity index is 2.07. The van der Waals surface area contributed by atoms with Crippen LogP contribution in [0.1, 0.15) is 12.0 Å². The second kappa shape index (κ2) is 6.61. The lowest BCUT2D eigenvalue weighted by Crippen LogP contribution is -2.51. The highest BCUT2D eigenvalue weighted by Gasteiger charge is 2.26. The van der Waals surface area contributed by atoms with Crippen LogP contribution in [0.4, 0.5) is 8.78 Å². The quantitative estimate of drug-likeness (QED) is 0.912. The number of likely N-dealkylation sites (N-methyl/N-ethyl adjacent to an activating group) is 2. The molecule has 2 rings (SSSR count). The van der Waals surface area contributed by atoms with E-state index in [1.54, 1.807) is 0 Å². The summed E-state index contributed by atoms with van der Waals surface area (Å²) in [5, 5.41) is 0. The van der Waals surface area contributed by atoms with Crippen LogP contribution in [0, 0.1) is 11.6 Å². The largest absolute Gasteiger partial charge is 0.326 e. The molecule has 0 bridgehead atoms. The van der Waals surface area contributed by atoms with Crippen molar-refractivity contribution in [1.29, 1.82) is 0 Å². The van der Waals surface area contributed by atoms with E-state index in [0.717, 1.165) is 32.1 Å². The first kappa shape index (κ1) is 15.4. The molecule has 0 spiro atoms. The van der Waals surface area contributed by atoms with Crippen molar-refractivity contribution in [3.05, 3.63) is 35.4 Å². The van der Waals surface area contributed by atoms with Gasteiger partial charge in [0.1, 0.15) is 11.6 Å². The van der Waals surface area contributed by atoms with Crippen molar-refractivity contribution in [2.24, 2.45) is 5.73 Å². The Morgan fingerprint density at radius 1 is 1.20 bits per heavy atom. The fourth-order valence-corrected chi connectivity index (χ4v) is 2.91. The van der Waals surface area contributed by atoms with Crippen LogP contribution in [0.5, 0.6) is 0 Å². The molecule has 0 aliphatic carbocycles. The summed E-state index contributed by atoms with van der Waals surface area (Å²) in [6.07, 6.45) is 1.60. The molecule has 20 heavy (non-hydrogen) atoms. The third kappa shape index (κ3) is 3.98. The summed E-state index contributed by atoms with van der Waals surface area (Å²) in [6.45, 7) is 2.94. The summed E-state index contributed by atoms with van der Waals surface area (Å²) in [5.74, 6) is -1.09. The molecular weight excluding hydrogens is 260 g/mol. The van der Waals surface area contributed by atoms with Crippen molar-refractivity contribution in [3.8, 4) is 0 Å². The fraction of sp³-hybridized carbons (Fsp3) is 0.600. The van der Waals surface area contributed by atoms with Crippen LogP contribution in [0.15, 0.2) is 18.2 Å². The average Bonchev–Trinajstić information content (AvgIpc) is 2.49. The monoisotopic (exact) mass is 283 g/mol. The molecule has 1 aromatic carbocycles. The summed E-state index contributed by atoms with van der Waals surface area (Å²) in [6, 6.07) is 3.68. The normalized spacial score (nSPS) is 23.6. The number of nitrogens with zero attached hydrogens (tertiary/aromatic N) is 2. The van der Waals surface area contributed by atoms with Gasteiger partial charge in [-0.05, 0) is 57.7 Å². The van der Waals surface area contributed by atoms with Crippen LogP contribution in [0.25, 0.3) is 0 Å². The summed E-state index contributed by atoms with van der Waals surface area (Å²) >= 11 is 0. The zero-order valence-electron chi connectivity index (χ0n) is 12.1. The lowest BCUT2D eigenvalue weighted by Gasteiger charge is -2.32. The van der Waals surface area contributed by atoms with E-state index in [4.69, 9.17) is 5.73 Å². The summed E-state index contributed by atoms with van der Waals surface area (Å²) in [7, 11) is 4.15. The summed E-state index contributed by atoms with van der Waals surface area (Å²) < 4.78 is 26.4. The minimum atomic E-state index is -0.543. The minimum Gasteiger partial charge on any atom is -0.326 e. The molecule has 1 saturated heterocycles. The van der Waals surface area contributed by atoms with Gasteiger partial charge in [-0.15, -0.1) is 0 Å². The molecule has 1 fully saturated rings. The number of hydrogen-bond acceptors (Lipinski definition) is 3. The average molecular weight is 283 g/mol. The minimum absolute atomic E-state index is 0.137. The maximum atomic E-state index is 13.2. The van der Waals surface area contributed by atoms with E-state index >= 15 is 0 Å². The van der Waals surface area contributed by atoms with Gasteiger partial charge in [-0.1, -0.05) is 0 Å². The van der Waals surface area contributed by atoms with Crippen molar-refractivity contribution in [3.63, 3.8) is 0 Å². The smallest absolute Gasteiger partial charge is 0.126 e. The van der Waals surface area contributed by atoms with E-state index in [2.05, 4.69) is 23.9 Å². The Hall–Kier alpha value is -1.04. The first-order valence-electron chi connectivity index (χ1n) is 7.05. The molecule has 2 atom stereocenters. The third-order valence-electron chi connectivity index (χ3n) is 4.00. The molecule has 0 saturated carbocycles. The number of rotatable bonds is 3. The SMILES string of the molecule is CN1CCCN(C)C(C(N)Cc2cc(F)cc(F)c2)C1. The third-order valence-corrected chi connectivity index (χ3v) is 4.00. The van der Waals surface area contributed by atoms with E-state index in [1.807, 2.05) is 0 Å². The number of benzene rings is 1. The molecule has 1 aromatic rings. The van der Waals surface area contributed by atoms with Crippen molar-refractivity contribution in [2.45, 2.75) is 24.9 Å². The zero-order chi connectivity index (χ0) is 14.7. The zero-order valence-corrected chi connectivity index (χ0v) is 12.1. The van der Waals surface area contributed by atoms with Crippen LogP contribution in [-0.4, -0.2) is 55.6 Å². The van der Waals surface area contributed by atoms with Gasteiger partial charge in [0.25, 0.3) is 0 Å². The highest BCUT2D eigenvalue weighted by Crippen LogP contribution is 2.15. The van der Waals surface area contributed by atoms with Crippen LogP contribution in [0.3, 0.4) is 0 Å². The van der Waals surface area contributed by atoms with Crippen LogP contribution >= 0.6 is 0 Å². The van der Waals surface area contributed by atoms with Gasteiger partial charge in [0.05, 0.1) is 0 Å². The van der Waals surface area contributed by atoms with Crippen molar-refractivity contribution < 1.29 is 8.78 Å². The molecule has 0 radical (unpaired) electrons. The fourth-order valence-electron chi connectivity index (χ4n) is 2.91.